The largest absolute Gasteiger partial charge is 0.256 e. The van der Waals surface area contributed by atoms with Gasteiger partial charge in [0.1, 0.15) is 0 Å². The van der Waals surface area contributed by atoms with Crippen molar-refractivity contribution in [3.63, 3.8) is 0 Å². The van der Waals surface area contributed by atoms with Gasteiger partial charge >= 0.3 is 0 Å². The van der Waals surface area contributed by atoms with Crippen molar-refractivity contribution in [2.24, 2.45) is 0 Å². The Kier molecular flexibility index (Phi) is 2.66. The van der Waals surface area contributed by atoms with E-state index in [1.54, 1.807) is 0 Å². The second-order valence-corrected chi connectivity index (χ2v) is 4.53. The van der Waals surface area contributed by atoms with Gasteiger partial charge in [0, 0.05) is 16.6 Å². The molecule has 0 atom stereocenters. The van der Waals surface area contributed by atoms with Crippen LogP contribution in [0.15, 0.2) is 24.4 Å². The van der Waals surface area contributed by atoms with Crippen molar-refractivity contribution in [1.82, 2.24) is 4.98 Å². The van der Waals surface area contributed by atoms with Crippen molar-refractivity contribution in [2.75, 3.05) is 0 Å². The monoisotopic (exact) mass is 219 g/mol. The van der Waals surface area contributed by atoms with Crippen LogP contribution in [-0.2, 0) is 0 Å². The zero-order chi connectivity index (χ0) is 11.0. The number of pyridine rings is 1. The van der Waals surface area contributed by atoms with Crippen LogP contribution in [0.4, 0.5) is 0 Å². The molecule has 15 heavy (non-hydrogen) atoms. The van der Waals surface area contributed by atoms with E-state index in [-0.39, 0.29) is 0 Å². The molecule has 2 rings (SSSR count). The molecule has 0 aliphatic rings. The summed E-state index contributed by atoms with van der Waals surface area (Å²) >= 11 is 6.14. The number of nitrogens with zero attached hydrogens (tertiary/aromatic N) is 1. The number of aryl methyl sites for hydroxylation is 1. The van der Waals surface area contributed by atoms with Crippen molar-refractivity contribution in [1.29, 1.82) is 0 Å². The molecule has 0 N–H and O–H groups in total. The molecule has 0 fully saturated rings. The normalized spacial score (nSPS) is 11.3. The molecule has 1 aromatic heterocycles. The highest BCUT2D eigenvalue weighted by Gasteiger charge is 2.09. The number of fused-ring (bicyclic) bond motifs is 1. The molecule has 0 saturated heterocycles. The second-order valence-electron chi connectivity index (χ2n) is 4.12. The third kappa shape index (κ3) is 1.72. The number of hydrogen-bond donors (Lipinski definition) is 0. The van der Waals surface area contributed by atoms with Crippen molar-refractivity contribution >= 4 is 22.5 Å². The summed E-state index contributed by atoms with van der Waals surface area (Å²) in [5.41, 5.74) is 3.48. The van der Waals surface area contributed by atoms with Gasteiger partial charge in [-0.2, -0.15) is 0 Å². The Morgan fingerprint density at radius 3 is 2.60 bits per heavy atom. The van der Waals surface area contributed by atoms with Crippen LogP contribution in [0.1, 0.15) is 30.9 Å². The molecule has 0 bridgehead atoms. The molecular weight excluding hydrogens is 206 g/mol. The fourth-order valence-corrected chi connectivity index (χ4v) is 2.06. The highest BCUT2D eigenvalue weighted by molar-refractivity contribution is 6.32. The molecule has 0 aliphatic carbocycles. The summed E-state index contributed by atoms with van der Waals surface area (Å²) in [6, 6.07) is 5.98. The van der Waals surface area contributed by atoms with E-state index in [4.69, 9.17) is 11.6 Å². The predicted octanol–water partition coefficient (Wildman–Crippen LogP) is 4.32. The van der Waals surface area contributed by atoms with E-state index >= 15 is 0 Å². The molecule has 0 unspecified atom stereocenters. The third-order valence-corrected chi connectivity index (χ3v) is 3.16. The summed E-state index contributed by atoms with van der Waals surface area (Å²) < 4.78 is 0. The molecule has 1 aromatic carbocycles. The lowest BCUT2D eigenvalue weighted by Crippen LogP contribution is -1.93. The van der Waals surface area contributed by atoms with E-state index in [1.165, 1.54) is 10.9 Å². The minimum Gasteiger partial charge on any atom is -0.256 e. The quantitative estimate of drug-likeness (QED) is 0.696. The Morgan fingerprint density at radius 1 is 1.20 bits per heavy atom. The second kappa shape index (κ2) is 3.82. The Labute approximate surface area is 95.1 Å². The van der Waals surface area contributed by atoms with Gasteiger partial charge in [-0.25, -0.2) is 0 Å². The fourth-order valence-electron chi connectivity index (χ4n) is 1.91. The van der Waals surface area contributed by atoms with Gasteiger partial charge < -0.3 is 0 Å². The topological polar surface area (TPSA) is 12.9 Å². The van der Waals surface area contributed by atoms with Gasteiger partial charge in [0.2, 0.25) is 0 Å². The number of aromatic nitrogens is 1. The van der Waals surface area contributed by atoms with Gasteiger partial charge in [0.15, 0.2) is 0 Å². The van der Waals surface area contributed by atoms with E-state index in [2.05, 4.69) is 31.8 Å². The molecule has 0 saturated carbocycles. The first-order valence-electron chi connectivity index (χ1n) is 5.15. The number of hydrogen-bond acceptors (Lipinski definition) is 1. The maximum atomic E-state index is 6.14. The average molecular weight is 220 g/mol. The highest BCUT2D eigenvalue weighted by Crippen LogP contribution is 2.30. The van der Waals surface area contributed by atoms with Crippen molar-refractivity contribution < 1.29 is 0 Å². The first-order chi connectivity index (χ1) is 7.11. The van der Waals surface area contributed by atoms with Crippen molar-refractivity contribution in [3.05, 3.63) is 40.5 Å². The molecule has 1 heterocycles. The van der Waals surface area contributed by atoms with Crippen LogP contribution in [-0.4, -0.2) is 4.98 Å². The molecule has 0 amide bonds. The zero-order valence-corrected chi connectivity index (χ0v) is 9.97. The van der Waals surface area contributed by atoms with E-state index in [9.17, 15) is 0 Å². The number of halogens is 1. The molecule has 2 aromatic rings. The van der Waals surface area contributed by atoms with Crippen LogP contribution in [0.25, 0.3) is 10.9 Å². The summed E-state index contributed by atoms with van der Waals surface area (Å²) in [6.07, 6.45) is 1.87. The van der Waals surface area contributed by atoms with Gasteiger partial charge in [0.25, 0.3) is 0 Å². The summed E-state index contributed by atoms with van der Waals surface area (Å²) in [7, 11) is 0. The van der Waals surface area contributed by atoms with Crippen LogP contribution in [0.2, 0.25) is 5.02 Å². The molecule has 2 heteroatoms. The molecule has 0 aliphatic heterocycles. The number of benzene rings is 1. The first kappa shape index (κ1) is 10.4. The zero-order valence-electron chi connectivity index (χ0n) is 9.21. The van der Waals surface area contributed by atoms with Crippen LogP contribution in [0.5, 0.6) is 0 Å². The van der Waals surface area contributed by atoms with Crippen molar-refractivity contribution in [2.45, 2.75) is 26.7 Å². The highest BCUT2D eigenvalue weighted by atomic mass is 35.5. The standard InChI is InChI=1S/C13H14ClN/c1-8(2)10-6-7-15-12-5-4-11(14)9(3)13(10)12/h4-8H,1-3H3. The van der Waals surface area contributed by atoms with E-state index < -0.39 is 0 Å². The van der Waals surface area contributed by atoms with Crippen LogP contribution < -0.4 is 0 Å². The summed E-state index contributed by atoms with van der Waals surface area (Å²) in [4.78, 5) is 4.37. The minimum absolute atomic E-state index is 0.493. The Bertz CT molecular complexity index is 503. The van der Waals surface area contributed by atoms with Crippen molar-refractivity contribution in [3.8, 4) is 0 Å². The summed E-state index contributed by atoms with van der Waals surface area (Å²) in [5.74, 6) is 0.493. The molecule has 0 spiro atoms. The first-order valence-corrected chi connectivity index (χ1v) is 5.52. The Morgan fingerprint density at radius 2 is 1.93 bits per heavy atom. The van der Waals surface area contributed by atoms with Crippen LogP contribution in [0, 0.1) is 6.92 Å². The lowest BCUT2D eigenvalue weighted by atomic mass is 9.96. The summed E-state index contributed by atoms with van der Waals surface area (Å²) in [5, 5.41) is 2.03. The lowest BCUT2D eigenvalue weighted by molar-refractivity contribution is 0.873. The Balaban J connectivity index is 2.88. The third-order valence-electron chi connectivity index (χ3n) is 2.76. The number of rotatable bonds is 1. The minimum atomic E-state index is 0.493. The lowest BCUT2D eigenvalue weighted by Gasteiger charge is -2.12. The Hall–Kier alpha value is -1.08. The van der Waals surface area contributed by atoms with Gasteiger partial charge in [-0.1, -0.05) is 25.4 Å². The molecular formula is C13H14ClN. The average Bonchev–Trinajstić information content (AvgIpc) is 2.23. The summed E-state index contributed by atoms with van der Waals surface area (Å²) in [6.45, 7) is 6.43. The molecule has 0 radical (unpaired) electrons. The van der Waals surface area contributed by atoms with Gasteiger partial charge in [0.05, 0.1) is 5.52 Å². The van der Waals surface area contributed by atoms with E-state index in [0.717, 1.165) is 16.1 Å². The van der Waals surface area contributed by atoms with E-state index in [0.29, 0.717) is 5.92 Å². The van der Waals surface area contributed by atoms with Gasteiger partial charge in [-0.3, -0.25) is 4.98 Å². The van der Waals surface area contributed by atoms with E-state index in [1.807, 2.05) is 18.3 Å². The maximum absolute atomic E-state index is 6.14. The SMILES string of the molecule is Cc1c(Cl)ccc2nccc(C(C)C)c12. The molecule has 78 valence electrons. The fraction of sp³-hybridized carbons (Fsp3) is 0.308. The molecule has 1 nitrogen and oxygen atoms in total. The smallest absolute Gasteiger partial charge is 0.0708 e. The van der Waals surface area contributed by atoms with Crippen LogP contribution >= 0.6 is 11.6 Å². The van der Waals surface area contributed by atoms with Gasteiger partial charge in [-0.15, -0.1) is 0 Å². The van der Waals surface area contributed by atoms with Crippen LogP contribution in [0.3, 0.4) is 0 Å². The van der Waals surface area contributed by atoms with Gasteiger partial charge in [-0.05, 0) is 42.2 Å². The maximum Gasteiger partial charge on any atom is 0.0708 e. The predicted molar refractivity (Wildman–Crippen MR) is 65.6 cm³/mol.